The van der Waals surface area contributed by atoms with Crippen LogP contribution in [0.25, 0.3) is 21.8 Å². The number of benzene rings is 3. The first-order valence-electron chi connectivity index (χ1n) is 7.36. The van der Waals surface area contributed by atoms with Crippen LogP contribution >= 0.6 is 0 Å². The van der Waals surface area contributed by atoms with Gasteiger partial charge in [0.25, 0.3) is 5.91 Å². The van der Waals surface area contributed by atoms with E-state index < -0.39 is 0 Å². The fraction of sp³-hybridized carbons (Fsp3) is 0.0500. The molecule has 0 saturated carbocycles. The Labute approximate surface area is 128 Å². The molecule has 22 heavy (non-hydrogen) atoms. The molecular formula is C20H15NO. The van der Waals surface area contributed by atoms with Gasteiger partial charge in [-0.05, 0) is 30.7 Å². The molecule has 4 aromatic rings. The molecule has 1 aromatic heterocycles. The number of rotatable bonds is 1. The van der Waals surface area contributed by atoms with Crippen molar-refractivity contribution in [1.82, 2.24) is 4.57 Å². The van der Waals surface area contributed by atoms with E-state index >= 15 is 0 Å². The Morgan fingerprint density at radius 3 is 1.82 bits per heavy atom. The van der Waals surface area contributed by atoms with Crippen molar-refractivity contribution in [2.24, 2.45) is 0 Å². The highest BCUT2D eigenvalue weighted by Gasteiger charge is 2.17. The van der Waals surface area contributed by atoms with Crippen LogP contribution < -0.4 is 0 Å². The Morgan fingerprint density at radius 1 is 0.727 bits per heavy atom. The molecule has 2 heteroatoms. The number of aryl methyl sites for hydroxylation is 1. The van der Waals surface area contributed by atoms with E-state index in [1.807, 2.05) is 72.2 Å². The Morgan fingerprint density at radius 2 is 1.23 bits per heavy atom. The lowest BCUT2D eigenvalue weighted by molar-refractivity contribution is 0.0969. The lowest BCUT2D eigenvalue weighted by Crippen LogP contribution is -2.12. The smallest absolute Gasteiger partial charge is 0.263 e. The summed E-state index contributed by atoms with van der Waals surface area (Å²) in [6, 6.07) is 23.9. The van der Waals surface area contributed by atoms with Gasteiger partial charge in [-0.1, -0.05) is 54.6 Å². The molecule has 0 aliphatic rings. The van der Waals surface area contributed by atoms with Crippen LogP contribution in [-0.4, -0.2) is 10.5 Å². The molecule has 0 spiro atoms. The first kappa shape index (κ1) is 12.8. The summed E-state index contributed by atoms with van der Waals surface area (Å²) < 4.78 is 1.83. The van der Waals surface area contributed by atoms with Crippen LogP contribution in [0.1, 0.15) is 15.9 Å². The molecule has 0 atom stereocenters. The van der Waals surface area contributed by atoms with Gasteiger partial charge in [0.05, 0.1) is 11.0 Å². The van der Waals surface area contributed by atoms with Gasteiger partial charge in [-0.2, -0.15) is 0 Å². The normalized spacial score (nSPS) is 11.1. The quantitative estimate of drug-likeness (QED) is 0.493. The van der Waals surface area contributed by atoms with E-state index in [4.69, 9.17) is 0 Å². The third kappa shape index (κ3) is 1.77. The van der Waals surface area contributed by atoms with Crippen molar-refractivity contribution in [2.75, 3.05) is 0 Å². The first-order chi connectivity index (χ1) is 10.8. The van der Waals surface area contributed by atoms with Crippen LogP contribution in [0.5, 0.6) is 0 Å². The summed E-state index contributed by atoms with van der Waals surface area (Å²) in [4.78, 5) is 13.1. The van der Waals surface area contributed by atoms with Gasteiger partial charge >= 0.3 is 0 Å². The van der Waals surface area contributed by atoms with E-state index in [-0.39, 0.29) is 5.91 Å². The van der Waals surface area contributed by atoms with E-state index in [0.717, 1.165) is 32.9 Å². The zero-order chi connectivity index (χ0) is 15.1. The van der Waals surface area contributed by atoms with Crippen LogP contribution in [0.4, 0.5) is 0 Å². The molecule has 106 valence electrons. The van der Waals surface area contributed by atoms with Crippen molar-refractivity contribution in [3.63, 3.8) is 0 Å². The van der Waals surface area contributed by atoms with Crippen molar-refractivity contribution >= 4 is 27.7 Å². The van der Waals surface area contributed by atoms with Crippen LogP contribution in [0.2, 0.25) is 0 Å². The van der Waals surface area contributed by atoms with Crippen molar-refractivity contribution in [3.8, 4) is 0 Å². The molecule has 0 radical (unpaired) electrons. The van der Waals surface area contributed by atoms with Gasteiger partial charge in [-0.15, -0.1) is 0 Å². The molecule has 3 aromatic carbocycles. The van der Waals surface area contributed by atoms with Crippen LogP contribution in [-0.2, 0) is 0 Å². The fourth-order valence-electron chi connectivity index (χ4n) is 3.07. The lowest BCUT2D eigenvalue weighted by Gasteiger charge is -2.08. The monoisotopic (exact) mass is 285 g/mol. The molecule has 2 nitrogen and oxygen atoms in total. The molecule has 0 fully saturated rings. The number of carbonyl (C=O) groups excluding carboxylic acids is 1. The number of carbonyl (C=O) groups is 1. The number of para-hydroxylation sites is 2. The van der Waals surface area contributed by atoms with E-state index in [1.54, 1.807) is 0 Å². The average molecular weight is 285 g/mol. The van der Waals surface area contributed by atoms with Gasteiger partial charge in [-0.25, -0.2) is 0 Å². The molecule has 0 saturated heterocycles. The van der Waals surface area contributed by atoms with Gasteiger partial charge in [0, 0.05) is 16.3 Å². The predicted molar refractivity (Wildman–Crippen MR) is 90.4 cm³/mol. The molecule has 0 N–H and O–H groups in total. The summed E-state index contributed by atoms with van der Waals surface area (Å²) in [5, 5.41) is 2.22. The molecule has 0 aliphatic carbocycles. The molecule has 4 rings (SSSR count). The van der Waals surface area contributed by atoms with Crippen molar-refractivity contribution in [3.05, 3.63) is 83.9 Å². The maximum atomic E-state index is 13.1. The van der Waals surface area contributed by atoms with Crippen LogP contribution in [0.15, 0.2) is 72.8 Å². The summed E-state index contributed by atoms with van der Waals surface area (Å²) in [5.74, 6) is 0.0236. The third-order valence-electron chi connectivity index (χ3n) is 4.16. The number of hydrogen-bond donors (Lipinski definition) is 0. The van der Waals surface area contributed by atoms with Gasteiger partial charge in [0.15, 0.2) is 0 Å². The van der Waals surface area contributed by atoms with Gasteiger partial charge < -0.3 is 0 Å². The molecule has 0 bridgehead atoms. The minimum atomic E-state index is 0.0236. The second kappa shape index (κ2) is 4.85. The van der Waals surface area contributed by atoms with Gasteiger partial charge in [-0.3, -0.25) is 9.36 Å². The van der Waals surface area contributed by atoms with Crippen molar-refractivity contribution in [2.45, 2.75) is 6.92 Å². The summed E-state index contributed by atoms with van der Waals surface area (Å²) in [6.45, 7) is 1.97. The van der Waals surface area contributed by atoms with E-state index in [9.17, 15) is 4.79 Å². The molecule has 1 heterocycles. The van der Waals surface area contributed by atoms with Crippen LogP contribution in [0.3, 0.4) is 0 Å². The largest absolute Gasteiger partial charge is 0.276 e. The number of fused-ring (bicyclic) bond motifs is 3. The minimum Gasteiger partial charge on any atom is -0.276 e. The third-order valence-corrected chi connectivity index (χ3v) is 4.16. The zero-order valence-electron chi connectivity index (χ0n) is 12.3. The Hall–Kier alpha value is -2.87. The minimum absolute atomic E-state index is 0.0236. The van der Waals surface area contributed by atoms with E-state index in [2.05, 4.69) is 12.1 Å². The second-order valence-electron chi connectivity index (χ2n) is 5.49. The fourth-order valence-corrected chi connectivity index (χ4v) is 3.07. The Kier molecular flexibility index (Phi) is 2.83. The zero-order valence-corrected chi connectivity index (χ0v) is 12.3. The average Bonchev–Trinajstić information content (AvgIpc) is 2.89. The maximum Gasteiger partial charge on any atom is 0.263 e. The maximum absolute atomic E-state index is 13.1. The SMILES string of the molecule is Cc1ccccc1C(=O)n1c2ccccc2c2ccccc21. The number of aromatic nitrogens is 1. The first-order valence-corrected chi connectivity index (χ1v) is 7.36. The van der Waals surface area contributed by atoms with Crippen molar-refractivity contribution < 1.29 is 4.79 Å². The summed E-state index contributed by atoms with van der Waals surface area (Å²) in [7, 11) is 0. The Bertz CT molecular complexity index is 957. The summed E-state index contributed by atoms with van der Waals surface area (Å²) in [6.07, 6.45) is 0. The molecule has 0 unspecified atom stereocenters. The number of nitrogens with zero attached hydrogens (tertiary/aromatic N) is 1. The van der Waals surface area contributed by atoms with Crippen LogP contribution in [0, 0.1) is 6.92 Å². The molecule has 0 amide bonds. The Balaban J connectivity index is 2.09. The highest BCUT2D eigenvalue weighted by atomic mass is 16.2. The highest BCUT2D eigenvalue weighted by molar-refractivity contribution is 6.16. The summed E-state index contributed by atoms with van der Waals surface area (Å²) >= 11 is 0. The van der Waals surface area contributed by atoms with E-state index in [0.29, 0.717) is 0 Å². The van der Waals surface area contributed by atoms with E-state index in [1.165, 1.54) is 0 Å². The van der Waals surface area contributed by atoms with Crippen molar-refractivity contribution in [1.29, 1.82) is 0 Å². The lowest BCUT2D eigenvalue weighted by atomic mass is 10.1. The predicted octanol–water partition coefficient (Wildman–Crippen LogP) is 4.79. The van der Waals surface area contributed by atoms with Gasteiger partial charge in [0.2, 0.25) is 0 Å². The molecular weight excluding hydrogens is 270 g/mol. The molecule has 0 aliphatic heterocycles. The standard InChI is InChI=1S/C20H15NO/c1-14-8-2-3-9-15(14)20(22)21-18-12-6-4-10-16(18)17-11-5-7-13-19(17)21/h2-13H,1H3. The van der Waals surface area contributed by atoms with Gasteiger partial charge in [0.1, 0.15) is 0 Å². The topological polar surface area (TPSA) is 22.0 Å². The summed E-state index contributed by atoms with van der Waals surface area (Å²) in [5.41, 5.74) is 3.65. The second-order valence-corrected chi connectivity index (χ2v) is 5.49. The highest BCUT2D eigenvalue weighted by Crippen LogP contribution is 2.29. The number of hydrogen-bond acceptors (Lipinski definition) is 1.